The van der Waals surface area contributed by atoms with Crippen molar-refractivity contribution in [1.82, 2.24) is 0 Å². The van der Waals surface area contributed by atoms with Crippen molar-refractivity contribution in [2.75, 3.05) is 0 Å². The molecule has 78 valence electrons. The van der Waals surface area contributed by atoms with Crippen molar-refractivity contribution >= 4 is 0 Å². The second-order valence-corrected chi connectivity index (χ2v) is 10.5. The summed E-state index contributed by atoms with van der Waals surface area (Å²) < 4.78 is 3.88. The molecule has 0 aliphatic carbocycles. The molecule has 0 rings (SSSR count). The van der Waals surface area contributed by atoms with Crippen molar-refractivity contribution < 1.29 is 69.0 Å². The van der Waals surface area contributed by atoms with E-state index in [1.807, 2.05) is 20.8 Å². The van der Waals surface area contributed by atoms with E-state index in [9.17, 15) is 0 Å². The van der Waals surface area contributed by atoms with Crippen LogP contribution < -0.4 is 14.1 Å². The molecular formula is C9H15F3Zn3. The Morgan fingerprint density at radius 1 is 0.600 bits per heavy atom. The summed E-state index contributed by atoms with van der Waals surface area (Å²) in [7, 11) is 0. The monoisotopic (exact) mass is 372 g/mol. The number of hydrogen-bond donors (Lipinski definition) is 0. The summed E-state index contributed by atoms with van der Waals surface area (Å²) in [5.41, 5.74) is 0. The van der Waals surface area contributed by atoms with Gasteiger partial charge in [0.25, 0.3) is 0 Å². The summed E-state index contributed by atoms with van der Waals surface area (Å²) in [4.78, 5) is 0. The minimum Gasteiger partial charge on any atom is -1.00 e. The molecule has 0 amide bonds. The smallest absolute Gasteiger partial charge is 1.00 e. The predicted molar refractivity (Wildman–Crippen MR) is 44.4 cm³/mol. The minimum absolute atomic E-state index is 0. The molecule has 15 heavy (non-hydrogen) atoms. The average molecular weight is 376 g/mol. The van der Waals surface area contributed by atoms with Crippen molar-refractivity contribution in [3.63, 3.8) is 0 Å². The second-order valence-electron chi connectivity index (χ2n) is 2.87. The first-order chi connectivity index (χ1) is 5.20. The average Bonchev–Trinajstić information content (AvgIpc) is 1.54. The molecule has 0 spiro atoms. The van der Waals surface area contributed by atoms with Gasteiger partial charge >= 0.3 is 108 Å². The second kappa shape index (κ2) is 29.4. The number of rotatable bonds is 0. The van der Waals surface area contributed by atoms with E-state index in [0.29, 0.717) is 0 Å². The Bertz CT molecular complexity index is 118. The molecule has 0 fully saturated rings. The standard InChI is InChI=1S/3C3H5.3FH.3Zn/c3*1-3-2;;;;;;/h3*1H2,2H3;3*1H;;;/q;;;;;;3*+1/p-3. The van der Waals surface area contributed by atoms with E-state index >= 15 is 0 Å². The van der Waals surface area contributed by atoms with Crippen LogP contribution in [0.4, 0.5) is 0 Å². The van der Waals surface area contributed by atoms with Gasteiger partial charge < -0.3 is 14.1 Å². The first-order valence-corrected chi connectivity index (χ1v) is 8.07. The van der Waals surface area contributed by atoms with Crippen molar-refractivity contribution in [1.29, 1.82) is 0 Å². The summed E-state index contributed by atoms with van der Waals surface area (Å²) in [6.07, 6.45) is 0. The van der Waals surface area contributed by atoms with Gasteiger partial charge in [-0.05, 0) is 0 Å². The summed E-state index contributed by atoms with van der Waals surface area (Å²) in [6.45, 7) is 16.9. The van der Waals surface area contributed by atoms with E-state index in [2.05, 4.69) is 19.7 Å². The quantitative estimate of drug-likeness (QED) is 0.370. The number of hydrogen-bond acceptors (Lipinski definition) is 0. The first-order valence-electron chi connectivity index (χ1n) is 3.62. The van der Waals surface area contributed by atoms with Crippen LogP contribution >= 0.6 is 0 Å². The molecule has 0 aromatic heterocycles. The normalized spacial score (nSPS) is 5.40. The zero-order valence-corrected chi connectivity index (χ0v) is 18.8. The largest absolute Gasteiger partial charge is 1.00 e. The molecule has 0 radical (unpaired) electrons. The fourth-order valence-corrected chi connectivity index (χ4v) is 0. The van der Waals surface area contributed by atoms with E-state index in [1.165, 1.54) is 67.4 Å². The van der Waals surface area contributed by atoms with E-state index in [1.54, 1.807) is 0 Å². The zero-order valence-electron chi connectivity index (χ0n) is 9.88. The molecule has 0 unspecified atom stereocenters. The van der Waals surface area contributed by atoms with Gasteiger partial charge in [-0.3, -0.25) is 0 Å². The van der Waals surface area contributed by atoms with Crippen LogP contribution in [0.3, 0.4) is 0 Å². The summed E-state index contributed by atoms with van der Waals surface area (Å²) in [6, 6.07) is 0. The molecule has 0 aliphatic rings. The molecule has 0 atom stereocenters. The van der Waals surface area contributed by atoms with Gasteiger partial charge in [-0.15, -0.1) is 0 Å². The van der Waals surface area contributed by atoms with Crippen LogP contribution in [0.25, 0.3) is 0 Å². The molecule has 0 saturated heterocycles. The third kappa shape index (κ3) is 3190. The van der Waals surface area contributed by atoms with Gasteiger partial charge in [0, 0.05) is 0 Å². The Balaban J connectivity index is -0.0000000184. The molecule has 0 aromatic carbocycles. The minimum atomic E-state index is 0. The molecule has 0 aromatic rings. The van der Waals surface area contributed by atoms with Gasteiger partial charge in [-0.1, -0.05) is 0 Å². The molecule has 0 heterocycles. The summed E-state index contributed by atoms with van der Waals surface area (Å²) in [5.74, 6) is 0. The zero-order chi connectivity index (χ0) is 10.7. The van der Waals surface area contributed by atoms with E-state index in [0.717, 1.165) is 0 Å². The molecule has 0 saturated carbocycles. The van der Waals surface area contributed by atoms with E-state index in [-0.39, 0.29) is 14.1 Å². The van der Waals surface area contributed by atoms with E-state index < -0.39 is 0 Å². The van der Waals surface area contributed by atoms with Crippen LogP contribution in [-0.2, 0) is 54.9 Å². The van der Waals surface area contributed by atoms with Gasteiger partial charge in [0.2, 0.25) is 0 Å². The topological polar surface area (TPSA) is 0 Å². The van der Waals surface area contributed by atoms with E-state index in [4.69, 9.17) is 0 Å². The molecule has 0 nitrogen and oxygen atoms in total. The van der Waals surface area contributed by atoms with Gasteiger partial charge in [0.05, 0.1) is 0 Å². The van der Waals surface area contributed by atoms with Crippen LogP contribution in [0.5, 0.6) is 0 Å². The maximum atomic E-state index is 3.61. The van der Waals surface area contributed by atoms with Crippen molar-refractivity contribution in [3.05, 3.63) is 32.2 Å². The summed E-state index contributed by atoms with van der Waals surface area (Å²) in [5, 5.41) is 0. The fourth-order valence-electron chi connectivity index (χ4n) is 0. The first kappa shape index (κ1) is 36.0. The molecule has 6 heteroatoms. The van der Waals surface area contributed by atoms with Crippen LogP contribution in [0.2, 0.25) is 0 Å². The summed E-state index contributed by atoms with van der Waals surface area (Å²) >= 11 is 3.71. The Labute approximate surface area is 121 Å². The maximum Gasteiger partial charge on any atom is -1.00 e. The maximum absolute atomic E-state index is 3.61. The Morgan fingerprint density at radius 3 is 0.600 bits per heavy atom. The Hall–Kier alpha value is 0.880. The molecule has 0 aliphatic heterocycles. The van der Waals surface area contributed by atoms with Gasteiger partial charge in [0.15, 0.2) is 0 Å². The van der Waals surface area contributed by atoms with Crippen LogP contribution in [-0.4, -0.2) is 0 Å². The Kier molecular flexibility index (Phi) is 70.5. The van der Waals surface area contributed by atoms with Crippen molar-refractivity contribution in [2.24, 2.45) is 0 Å². The third-order valence-corrected chi connectivity index (χ3v) is 0. The number of allylic oxidation sites excluding steroid dienone is 3. The van der Waals surface area contributed by atoms with Crippen LogP contribution in [0.1, 0.15) is 20.8 Å². The Morgan fingerprint density at radius 2 is 0.600 bits per heavy atom. The SMILES string of the molecule is C=[C](C)[Zn+].C=[C](C)[Zn+].C=[C](C)[Zn+].[F-].[F-].[F-]. The van der Waals surface area contributed by atoms with Gasteiger partial charge in [0.1, 0.15) is 0 Å². The third-order valence-electron chi connectivity index (χ3n) is 0. The van der Waals surface area contributed by atoms with Crippen LogP contribution in [0.15, 0.2) is 32.2 Å². The van der Waals surface area contributed by atoms with Crippen molar-refractivity contribution in [2.45, 2.75) is 20.8 Å². The number of halogens is 3. The van der Waals surface area contributed by atoms with Crippen LogP contribution in [0, 0.1) is 0 Å². The molecule has 0 bridgehead atoms. The molecule has 0 N–H and O–H groups in total. The van der Waals surface area contributed by atoms with Gasteiger partial charge in [-0.2, -0.15) is 0 Å². The fraction of sp³-hybridized carbons (Fsp3) is 0.333. The van der Waals surface area contributed by atoms with Gasteiger partial charge in [-0.25, -0.2) is 0 Å². The molecular weight excluding hydrogens is 361 g/mol. The predicted octanol–water partition coefficient (Wildman–Crippen LogP) is -5.79. The van der Waals surface area contributed by atoms with Crippen molar-refractivity contribution in [3.8, 4) is 0 Å².